The molecule has 0 aromatic heterocycles. The van der Waals surface area contributed by atoms with Crippen LogP contribution in [-0.2, 0) is 4.74 Å². The van der Waals surface area contributed by atoms with Gasteiger partial charge in [0.25, 0.3) is 0 Å². The van der Waals surface area contributed by atoms with Crippen LogP contribution in [0.3, 0.4) is 0 Å². The average Bonchev–Trinajstić information content (AvgIpc) is 2.59. The van der Waals surface area contributed by atoms with E-state index >= 15 is 0 Å². The van der Waals surface area contributed by atoms with E-state index < -0.39 is 0 Å². The topological polar surface area (TPSA) is 41.6 Å². The fourth-order valence-corrected chi connectivity index (χ4v) is 3.21. The zero-order valence-corrected chi connectivity index (χ0v) is 14.6. The summed E-state index contributed by atoms with van der Waals surface area (Å²) < 4.78 is 5.82. The van der Waals surface area contributed by atoms with E-state index in [0.29, 0.717) is 24.7 Å². The number of nitrogens with zero attached hydrogens (tertiary/aromatic N) is 1. The molecule has 1 saturated heterocycles. The fraction of sp³-hybridized carbons (Fsp3) is 0.316. The van der Waals surface area contributed by atoms with Crippen molar-refractivity contribution in [1.29, 1.82) is 0 Å². The molecule has 1 fully saturated rings. The van der Waals surface area contributed by atoms with Gasteiger partial charge in [-0.3, -0.25) is 0 Å². The molecule has 4 nitrogen and oxygen atoms in total. The lowest BCUT2D eigenvalue weighted by molar-refractivity contribution is -0.0134. The molecule has 1 N–H and O–H groups in total. The van der Waals surface area contributed by atoms with Gasteiger partial charge in [0.05, 0.1) is 13.2 Å². The maximum Gasteiger partial charge on any atom is 0.322 e. The molecule has 3 rings (SSSR count). The Hall–Kier alpha value is -2.04. The minimum atomic E-state index is -0.198. The van der Waals surface area contributed by atoms with Gasteiger partial charge in [0.2, 0.25) is 0 Å². The molecular weight excluding hydrogens is 324 g/mol. The van der Waals surface area contributed by atoms with Gasteiger partial charge in [0.15, 0.2) is 0 Å². The number of urea groups is 1. The summed E-state index contributed by atoms with van der Waals surface area (Å²) in [7, 11) is 0. The SMILES string of the molecule is Cc1cccc(C)c1NC(=O)N1CCO[C@@H](c2ccccc2Cl)C1. The van der Waals surface area contributed by atoms with E-state index in [-0.39, 0.29) is 12.1 Å². The number of hydrogen-bond acceptors (Lipinski definition) is 2. The van der Waals surface area contributed by atoms with Gasteiger partial charge in [-0.25, -0.2) is 4.79 Å². The Morgan fingerprint density at radius 1 is 1.17 bits per heavy atom. The minimum Gasteiger partial charge on any atom is -0.370 e. The molecule has 0 saturated carbocycles. The number of nitrogens with one attached hydrogen (secondary N) is 1. The van der Waals surface area contributed by atoms with Crippen molar-refractivity contribution in [3.8, 4) is 0 Å². The van der Waals surface area contributed by atoms with E-state index in [2.05, 4.69) is 5.32 Å². The molecule has 0 bridgehead atoms. The molecule has 1 atom stereocenters. The predicted octanol–water partition coefficient (Wildman–Crippen LogP) is 4.56. The molecule has 0 aliphatic carbocycles. The van der Waals surface area contributed by atoms with Crippen molar-refractivity contribution in [3.63, 3.8) is 0 Å². The van der Waals surface area contributed by atoms with E-state index in [0.717, 1.165) is 22.4 Å². The van der Waals surface area contributed by atoms with Crippen LogP contribution in [0.1, 0.15) is 22.8 Å². The average molecular weight is 345 g/mol. The lowest BCUT2D eigenvalue weighted by Crippen LogP contribution is -2.44. The lowest BCUT2D eigenvalue weighted by Gasteiger charge is -2.33. The van der Waals surface area contributed by atoms with Crippen LogP contribution in [0, 0.1) is 13.8 Å². The number of aryl methyl sites for hydroxylation is 2. The van der Waals surface area contributed by atoms with Crippen molar-refractivity contribution in [3.05, 3.63) is 64.2 Å². The van der Waals surface area contributed by atoms with E-state index in [9.17, 15) is 4.79 Å². The molecule has 5 heteroatoms. The maximum absolute atomic E-state index is 12.7. The van der Waals surface area contributed by atoms with Crippen LogP contribution in [0.4, 0.5) is 10.5 Å². The third-order valence-electron chi connectivity index (χ3n) is 4.32. The largest absolute Gasteiger partial charge is 0.370 e. The number of hydrogen-bond donors (Lipinski definition) is 1. The number of morpholine rings is 1. The van der Waals surface area contributed by atoms with Gasteiger partial charge in [-0.2, -0.15) is 0 Å². The molecule has 1 aliphatic rings. The van der Waals surface area contributed by atoms with Crippen LogP contribution in [0.25, 0.3) is 0 Å². The predicted molar refractivity (Wildman–Crippen MR) is 96.7 cm³/mol. The standard InChI is InChI=1S/C19H21ClN2O2/c1-13-6-5-7-14(2)18(13)21-19(23)22-10-11-24-17(12-22)15-8-3-4-9-16(15)20/h3-9,17H,10-12H2,1-2H3,(H,21,23)/t17-/m1/s1. The summed E-state index contributed by atoms with van der Waals surface area (Å²) in [6.45, 7) is 5.54. The van der Waals surface area contributed by atoms with Crippen molar-refractivity contribution < 1.29 is 9.53 Å². The van der Waals surface area contributed by atoms with Crippen molar-refractivity contribution in [2.75, 3.05) is 25.0 Å². The van der Waals surface area contributed by atoms with Crippen molar-refractivity contribution in [2.45, 2.75) is 20.0 Å². The Labute approximate surface area is 147 Å². The highest BCUT2D eigenvalue weighted by atomic mass is 35.5. The Morgan fingerprint density at radius 3 is 2.58 bits per heavy atom. The normalized spacial score (nSPS) is 17.6. The van der Waals surface area contributed by atoms with Gasteiger partial charge < -0.3 is 15.0 Å². The first-order valence-corrected chi connectivity index (χ1v) is 8.42. The van der Waals surface area contributed by atoms with Gasteiger partial charge in [-0.05, 0) is 31.0 Å². The summed E-state index contributed by atoms with van der Waals surface area (Å²) in [6, 6.07) is 13.5. The molecule has 0 radical (unpaired) electrons. The first kappa shape index (κ1) is 16.8. The first-order valence-electron chi connectivity index (χ1n) is 8.04. The van der Waals surface area contributed by atoms with Gasteiger partial charge in [-0.15, -0.1) is 0 Å². The second-order valence-corrected chi connectivity index (χ2v) is 6.43. The highest BCUT2D eigenvalue weighted by Gasteiger charge is 2.27. The molecule has 2 aromatic carbocycles. The van der Waals surface area contributed by atoms with Gasteiger partial charge in [0.1, 0.15) is 6.10 Å². The van der Waals surface area contributed by atoms with Gasteiger partial charge >= 0.3 is 6.03 Å². The number of carbonyl (C=O) groups excluding carboxylic acids is 1. The Kier molecular flexibility index (Phi) is 5.07. The number of halogens is 1. The third-order valence-corrected chi connectivity index (χ3v) is 4.66. The van der Waals surface area contributed by atoms with Gasteiger partial charge in [-0.1, -0.05) is 48.0 Å². The molecule has 0 unspecified atom stereocenters. The Bertz CT molecular complexity index is 728. The summed E-state index contributed by atoms with van der Waals surface area (Å²) in [5, 5.41) is 3.70. The number of amides is 2. The summed E-state index contributed by atoms with van der Waals surface area (Å²) in [5.74, 6) is 0. The number of benzene rings is 2. The summed E-state index contributed by atoms with van der Waals surface area (Å²) in [5.41, 5.74) is 3.91. The molecule has 24 heavy (non-hydrogen) atoms. The van der Waals surface area contributed by atoms with Crippen molar-refractivity contribution in [1.82, 2.24) is 4.90 Å². The van der Waals surface area contributed by atoms with E-state index in [1.165, 1.54) is 0 Å². The summed E-state index contributed by atoms with van der Waals surface area (Å²) in [4.78, 5) is 14.4. The molecule has 126 valence electrons. The number of anilines is 1. The van der Waals surface area contributed by atoms with Crippen LogP contribution in [0.15, 0.2) is 42.5 Å². The minimum absolute atomic E-state index is 0.104. The van der Waals surface area contributed by atoms with Crippen molar-refractivity contribution >= 4 is 23.3 Å². The second-order valence-electron chi connectivity index (χ2n) is 6.02. The molecule has 0 spiro atoms. The highest BCUT2D eigenvalue weighted by molar-refractivity contribution is 6.31. The highest BCUT2D eigenvalue weighted by Crippen LogP contribution is 2.29. The fourth-order valence-electron chi connectivity index (χ4n) is 2.96. The number of carbonyl (C=O) groups is 1. The Balaban J connectivity index is 1.73. The quantitative estimate of drug-likeness (QED) is 0.867. The van der Waals surface area contributed by atoms with Crippen molar-refractivity contribution in [2.24, 2.45) is 0 Å². The monoisotopic (exact) mass is 344 g/mol. The van der Waals surface area contributed by atoms with E-state index in [4.69, 9.17) is 16.3 Å². The van der Waals surface area contributed by atoms with E-state index in [1.807, 2.05) is 56.3 Å². The van der Waals surface area contributed by atoms with E-state index in [1.54, 1.807) is 4.90 Å². The van der Waals surface area contributed by atoms with Crippen LogP contribution in [-0.4, -0.2) is 30.6 Å². The van der Waals surface area contributed by atoms with Gasteiger partial charge in [0, 0.05) is 22.8 Å². The molecule has 2 amide bonds. The summed E-state index contributed by atoms with van der Waals surface area (Å²) >= 11 is 6.26. The van der Waals surface area contributed by atoms with Crippen LogP contribution in [0.5, 0.6) is 0 Å². The molecule has 2 aromatic rings. The molecule has 1 heterocycles. The zero-order valence-electron chi connectivity index (χ0n) is 13.9. The summed E-state index contributed by atoms with van der Waals surface area (Å²) in [6.07, 6.45) is -0.198. The lowest BCUT2D eigenvalue weighted by atomic mass is 10.1. The number of para-hydroxylation sites is 1. The first-order chi connectivity index (χ1) is 11.6. The van der Waals surface area contributed by atoms with Crippen LogP contribution < -0.4 is 5.32 Å². The van der Waals surface area contributed by atoms with Crippen LogP contribution >= 0.6 is 11.6 Å². The van der Waals surface area contributed by atoms with Crippen LogP contribution in [0.2, 0.25) is 5.02 Å². The second kappa shape index (κ2) is 7.24. The smallest absolute Gasteiger partial charge is 0.322 e. The third kappa shape index (κ3) is 3.55. The maximum atomic E-state index is 12.7. The Morgan fingerprint density at radius 2 is 1.88 bits per heavy atom. The zero-order chi connectivity index (χ0) is 17.1. The molecule has 1 aliphatic heterocycles. The molecular formula is C19H21ClN2O2. The number of rotatable bonds is 2. The number of ether oxygens (including phenoxy) is 1.